The molecule has 0 spiro atoms. The van der Waals surface area contributed by atoms with E-state index in [0.717, 1.165) is 29.2 Å². The summed E-state index contributed by atoms with van der Waals surface area (Å²) in [5.41, 5.74) is 3.00. The van der Waals surface area contributed by atoms with E-state index in [4.69, 9.17) is 0 Å². The summed E-state index contributed by atoms with van der Waals surface area (Å²) in [4.78, 5) is 0. The van der Waals surface area contributed by atoms with Gasteiger partial charge in [0.15, 0.2) is 11.6 Å². The summed E-state index contributed by atoms with van der Waals surface area (Å²) in [7, 11) is 0. The fourth-order valence-corrected chi connectivity index (χ4v) is 4.61. The minimum Gasteiger partial charge on any atom is -0.204 e. The molecule has 28 heavy (non-hydrogen) atoms. The van der Waals surface area contributed by atoms with Crippen LogP contribution in [0, 0.1) is 23.5 Å². The van der Waals surface area contributed by atoms with Gasteiger partial charge in [-0.3, -0.25) is 0 Å². The fraction of sp³-hybridized carbons (Fsp3) is 0.385. The quantitative estimate of drug-likeness (QED) is 0.423. The lowest BCUT2D eigenvalue weighted by Gasteiger charge is -2.27. The van der Waals surface area contributed by atoms with Crippen molar-refractivity contribution in [1.29, 1.82) is 0 Å². The maximum Gasteiger partial charge on any atom is 0.159 e. The molecule has 0 amide bonds. The van der Waals surface area contributed by atoms with Crippen LogP contribution in [0.3, 0.4) is 0 Å². The second kappa shape index (κ2) is 8.43. The van der Waals surface area contributed by atoms with Gasteiger partial charge in [0.2, 0.25) is 0 Å². The molecule has 0 N–H and O–H groups in total. The molecular formula is C26H28F2. The Balaban J connectivity index is 1.45. The van der Waals surface area contributed by atoms with E-state index in [0.29, 0.717) is 5.56 Å². The summed E-state index contributed by atoms with van der Waals surface area (Å²) in [6.45, 7) is 2.32. The Labute approximate surface area is 166 Å². The van der Waals surface area contributed by atoms with E-state index < -0.39 is 11.6 Å². The highest BCUT2D eigenvalue weighted by molar-refractivity contribution is 5.87. The van der Waals surface area contributed by atoms with Crippen LogP contribution in [0.25, 0.3) is 21.9 Å². The zero-order valence-electron chi connectivity index (χ0n) is 16.6. The molecule has 1 aliphatic carbocycles. The largest absolute Gasteiger partial charge is 0.204 e. The van der Waals surface area contributed by atoms with Crippen molar-refractivity contribution in [3.63, 3.8) is 0 Å². The van der Waals surface area contributed by atoms with Gasteiger partial charge in [-0.2, -0.15) is 0 Å². The van der Waals surface area contributed by atoms with Crippen LogP contribution in [0.5, 0.6) is 0 Å². The number of benzene rings is 3. The monoisotopic (exact) mass is 378 g/mol. The SMILES string of the molecule is CCC1CCC(CCc2ccc3cc(-c4ccc(F)c(F)c4)ccc3c2)CC1. The van der Waals surface area contributed by atoms with Crippen LogP contribution < -0.4 is 0 Å². The number of fused-ring (bicyclic) bond motifs is 1. The van der Waals surface area contributed by atoms with Crippen molar-refractivity contribution in [1.82, 2.24) is 0 Å². The van der Waals surface area contributed by atoms with Crippen LogP contribution >= 0.6 is 0 Å². The fourth-order valence-electron chi connectivity index (χ4n) is 4.61. The normalized spacial score (nSPS) is 19.8. The first-order valence-electron chi connectivity index (χ1n) is 10.6. The molecule has 0 radical (unpaired) electrons. The standard InChI is InChI=1S/C26H28F2/c1-2-18-3-5-19(6-4-18)7-8-20-9-10-22-16-23(12-11-21(22)15-20)24-13-14-25(27)26(28)17-24/h9-19H,2-8H2,1H3. The molecule has 0 nitrogen and oxygen atoms in total. The molecule has 0 saturated heterocycles. The summed E-state index contributed by atoms with van der Waals surface area (Å²) in [5, 5.41) is 2.34. The van der Waals surface area contributed by atoms with Gasteiger partial charge in [-0.05, 0) is 70.3 Å². The van der Waals surface area contributed by atoms with Gasteiger partial charge < -0.3 is 0 Å². The van der Waals surface area contributed by atoms with E-state index >= 15 is 0 Å². The average Bonchev–Trinajstić information content (AvgIpc) is 2.74. The topological polar surface area (TPSA) is 0 Å². The highest BCUT2D eigenvalue weighted by Crippen LogP contribution is 2.33. The number of aryl methyl sites for hydroxylation is 1. The lowest BCUT2D eigenvalue weighted by molar-refractivity contribution is 0.259. The van der Waals surface area contributed by atoms with E-state index in [9.17, 15) is 8.78 Å². The minimum atomic E-state index is -0.808. The number of halogens is 2. The third-order valence-corrected chi connectivity index (χ3v) is 6.54. The third-order valence-electron chi connectivity index (χ3n) is 6.54. The Morgan fingerprint density at radius 3 is 2.11 bits per heavy atom. The van der Waals surface area contributed by atoms with Gasteiger partial charge in [0.1, 0.15) is 0 Å². The molecule has 0 atom stereocenters. The summed E-state index contributed by atoms with van der Waals surface area (Å²) < 4.78 is 26.7. The summed E-state index contributed by atoms with van der Waals surface area (Å²) in [5.74, 6) is 0.230. The first-order valence-corrected chi connectivity index (χ1v) is 10.6. The maximum absolute atomic E-state index is 13.5. The van der Waals surface area contributed by atoms with Gasteiger partial charge in [-0.15, -0.1) is 0 Å². The van der Waals surface area contributed by atoms with E-state index in [-0.39, 0.29) is 0 Å². The molecule has 2 heteroatoms. The molecule has 0 aromatic heterocycles. The number of rotatable bonds is 5. The van der Waals surface area contributed by atoms with Crippen LogP contribution in [-0.2, 0) is 6.42 Å². The van der Waals surface area contributed by atoms with Crippen molar-refractivity contribution < 1.29 is 8.78 Å². The van der Waals surface area contributed by atoms with Crippen LogP contribution in [0.2, 0.25) is 0 Å². The van der Waals surface area contributed by atoms with Crippen LogP contribution in [0.1, 0.15) is 51.0 Å². The van der Waals surface area contributed by atoms with Crippen molar-refractivity contribution in [2.45, 2.75) is 51.9 Å². The molecule has 0 aliphatic heterocycles. The zero-order chi connectivity index (χ0) is 19.5. The van der Waals surface area contributed by atoms with Crippen molar-refractivity contribution >= 4 is 10.8 Å². The lowest BCUT2D eigenvalue weighted by Crippen LogP contribution is -2.14. The lowest BCUT2D eigenvalue weighted by atomic mass is 9.78. The minimum absolute atomic E-state index is 0.701. The molecule has 1 aliphatic rings. The van der Waals surface area contributed by atoms with Crippen molar-refractivity contribution in [3.05, 3.63) is 71.8 Å². The van der Waals surface area contributed by atoms with E-state index in [1.165, 1.54) is 61.6 Å². The molecule has 1 fully saturated rings. The van der Waals surface area contributed by atoms with Crippen LogP contribution in [0.4, 0.5) is 8.78 Å². The van der Waals surface area contributed by atoms with Gasteiger partial charge >= 0.3 is 0 Å². The Kier molecular flexibility index (Phi) is 5.75. The van der Waals surface area contributed by atoms with Crippen molar-refractivity contribution in [2.75, 3.05) is 0 Å². The zero-order valence-corrected chi connectivity index (χ0v) is 16.6. The van der Waals surface area contributed by atoms with Gasteiger partial charge in [0.25, 0.3) is 0 Å². The molecule has 146 valence electrons. The van der Waals surface area contributed by atoms with E-state index in [1.807, 2.05) is 6.07 Å². The number of hydrogen-bond acceptors (Lipinski definition) is 0. The molecule has 1 saturated carbocycles. The highest BCUT2D eigenvalue weighted by Gasteiger charge is 2.19. The molecule has 0 unspecified atom stereocenters. The smallest absolute Gasteiger partial charge is 0.159 e. The maximum atomic E-state index is 13.5. The molecular weight excluding hydrogens is 350 g/mol. The Morgan fingerprint density at radius 1 is 0.714 bits per heavy atom. The van der Waals surface area contributed by atoms with Gasteiger partial charge in [-0.1, -0.05) is 75.4 Å². The summed E-state index contributed by atoms with van der Waals surface area (Å²) in [6, 6.07) is 16.9. The Hall–Kier alpha value is -2.22. The molecule has 0 heterocycles. The van der Waals surface area contributed by atoms with Gasteiger partial charge in [0.05, 0.1) is 0 Å². The van der Waals surface area contributed by atoms with Crippen LogP contribution in [-0.4, -0.2) is 0 Å². The van der Waals surface area contributed by atoms with E-state index in [2.05, 4.69) is 37.3 Å². The van der Waals surface area contributed by atoms with Crippen molar-refractivity contribution in [3.8, 4) is 11.1 Å². The van der Waals surface area contributed by atoms with Crippen molar-refractivity contribution in [2.24, 2.45) is 11.8 Å². The first-order chi connectivity index (χ1) is 13.6. The second-order valence-corrected chi connectivity index (χ2v) is 8.36. The van der Waals surface area contributed by atoms with Gasteiger partial charge in [0, 0.05) is 0 Å². The first kappa shape index (κ1) is 19.1. The molecule has 3 aromatic rings. The second-order valence-electron chi connectivity index (χ2n) is 8.36. The number of hydrogen-bond donors (Lipinski definition) is 0. The molecule has 0 bridgehead atoms. The summed E-state index contributed by atoms with van der Waals surface area (Å²) in [6.07, 6.45) is 9.37. The molecule has 3 aromatic carbocycles. The highest BCUT2D eigenvalue weighted by atomic mass is 19.2. The van der Waals surface area contributed by atoms with Gasteiger partial charge in [-0.25, -0.2) is 8.78 Å². The predicted octanol–water partition coefficient (Wildman–Crippen LogP) is 7.93. The summed E-state index contributed by atoms with van der Waals surface area (Å²) >= 11 is 0. The average molecular weight is 379 g/mol. The Bertz CT molecular complexity index is 952. The third kappa shape index (κ3) is 4.27. The predicted molar refractivity (Wildman–Crippen MR) is 113 cm³/mol. The molecule has 4 rings (SSSR count). The van der Waals surface area contributed by atoms with Crippen LogP contribution in [0.15, 0.2) is 54.6 Å². The Morgan fingerprint density at radius 2 is 1.36 bits per heavy atom. The van der Waals surface area contributed by atoms with E-state index in [1.54, 1.807) is 6.07 Å².